The van der Waals surface area contributed by atoms with Gasteiger partial charge >= 0.3 is 0 Å². The number of benzene rings is 2. The van der Waals surface area contributed by atoms with Crippen molar-refractivity contribution in [1.29, 1.82) is 0 Å². The van der Waals surface area contributed by atoms with Crippen molar-refractivity contribution in [3.05, 3.63) is 64.2 Å². The summed E-state index contributed by atoms with van der Waals surface area (Å²) in [5.41, 5.74) is 6.39. The highest BCUT2D eigenvalue weighted by Crippen LogP contribution is 2.25. The van der Waals surface area contributed by atoms with Gasteiger partial charge in [-0.15, -0.1) is 0 Å². The van der Waals surface area contributed by atoms with E-state index in [9.17, 15) is 4.79 Å². The Morgan fingerprint density at radius 3 is 2.72 bits per heavy atom. The average Bonchev–Trinajstić information content (AvgIpc) is 3.07. The SMILES string of the molecule is COc1ccc(CCC(=O)N[C@H](C)c2ccc3c(c2)CCC3)cc1C. The van der Waals surface area contributed by atoms with Crippen LogP contribution in [0.25, 0.3) is 0 Å². The molecule has 3 nitrogen and oxygen atoms in total. The largest absolute Gasteiger partial charge is 0.496 e. The zero-order valence-corrected chi connectivity index (χ0v) is 15.4. The van der Waals surface area contributed by atoms with Gasteiger partial charge in [0.1, 0.15) is 5.75 Å². The van der Waals surface area contributed by atoms with E-state index in [0.29, 0.717) is 6.42 Å². The molecule has 0 radical (unpaired) electrons. The first-order valence-corrected chi connectivity index (χ1v) is 9.11. The fourth-order valence-electron chi connectivity index (χ4n) is 3.61. The molecule has 2 aromatic rings. The third kappa shape index (κ3) is 4.22. The van der Waals surface area contributed by atoms with Crippen LogP contribution in [0.2, 0.25) is 0 Å². The second-order valence-electron chi connectivity index (χ2n) is 6.97. The molecule has 0 aliphatic heterocycles. The summed E-state index contributed by atoms with van der Waals surface area (Å²) in [5.74, 6) is 0.986. The molecular formula is C22H27NO2. The zero-order chi connectivity index (χ0) is 17.8. The average molecular weight is 337 g/mol. The van der Waals surface area contributed by atoms with Crippen LogP contribution >= 0.6 is 0 Å². The van der Waals surface area contributed by atoms with Gasteiger partial charge in [0.2, 0.25) is 5.91 Å². The lowest BCUT2D eigenvalue weighted by Gasteiger charge is -2.16. The molecule has 3 heteroatoms. The molecule has 2 aromatic carbocycles. The number of rotatable bonds is 6. The number of carbonyl (C=O) groups is 1. The summed E-state index contributed by atoms with van der Waals surface area (Å²) in [7, 11) is 1.68. The Morgan fingerprint density at radius 2 is 1.96 bits per heavy atom. The predicted molar refractivity (Wildman–Crippen MR) is 101 cm³/mol. The number of amides is 1. The van der Waals surface area contributed by atoms with Crippen LogP contribution < -0.4 is 10.1 Å². The van der Waals surface area contributed by atoms with Gasteiger partial charge in [0, 0.05) is 6.42 Å². The molecule has 0 aromatic heterocycles. The highest BCUT2D eigenvalue weighted by molar-refractivity contribution is 5.76. The van der Waals surface area contributed by atoms with Gasteiger partial charge < -0.3 is 10.1 Å². The van der Waals surface area contributed by atoms with Gasteiger partial charge in [0.05, 0.1) is 13.2 Å². The Hall–Kier alpha value is -2.29. The lowest BCUT2D eigenvalue weighted by Crippen LogP contribution is -2.26. The summed E-state index contributed by atoms with van der Waals surface area (Å²) < 4.78 is 5.28. The number of methoxy groups -OCH3 is 1. The van der Waals surface area contributed by atoms with Gasteiger partial charge in [-0.3, -0.25) is 4.79 Å². The maximum atomic E-state index is 12.3. The van der Waals surface area contributed by atoms with Crippen molar-refractivity contribution in [3.8, 4) is 5.75 Å². The molecule has 0 unspecified atom stereocenters. The molecule has 1 N–H and O–H groups in total. The maximum absolute atomic E-state index is 12.3. The Bertz CT molecular complexity index is 767. The molecular weight excluding hydrogens is 310 g/mol. The number of aryl methyl sites for hydroxylation is 4. The van der Waals surface area contributed by atoms with Crippen LogP contribution in [-0.2, 0) is 24.1 Å². The molecule has 0 bridgehead atoms. The smallest absolute Gasteiger partial charge is 0.220 e. The molecule has 1 amide bonds. The van der Waals surface area contributed by atoms with Crippen LogP contribution in [0.15, 0.2) is 36.4 Å². The van der Waals surface area contributed by atoms with E-state index in [1.54, 1.807) is 7.11 Å². The lowest BCUT2D eigenvalue weighted by molar-refractivity contribution is -0.121. The van der Waals surface area contributed by atoms with Crippen molar-refractivity contribution >= 4 is 5.91 Å². The normalized spacial score (nSPS) is 14.0. The van der Waals surface area contributed by atoms with E-state index in [4.69, 9.17) is 4.74 Å². The molecule has 25 heavy (non-hydrogen) atoms. The fourth-order valence-corrected chi connectivity index (χ4v) is 3.61. The monoisotopic (exact) mass is 337 g/mol. The van der Waals surface area contributed by atoms with Crippen LogP contribution in [0.3, 0.4) is 0 Å². The Kier molecular flexibility index (Phi) is 5.42. The van der Waals surface area contributed by atoms with Crippen molar-refractivity contribution in [2.75, 3.05) is 7.11 Å². The first-order valence-electron chi connectivity index (χ1n) is 9.11. The molecule has 0 spiro atoms. The van der Waals surface area contributed by atoms with Gasteiger partial charge in [-0.2, -0.15) is 0 Å². The predicted octanol–water partition coefficient (Wildman–Crippen LogP) is 4.30. The summed E-state index contributed by atoms with van der Waals surface area (Å²) in [4.78, 5) is 12.3. The van der Waals surface area contributed by atoms with Crippen molar-refractivity contribution in [2.45, 2.75) is 52.0 Å². The number of hydrogen-bond donors (Lipinski definition) is 1. The van der Waals surface area contributed by atoms with Crippen molar-refractivity contribution in [3.63, 3.8) is 0 Å². The first-order chi connectivity index (χ1) is 12.1. The van der Waals surface area contributed by atoms with Gasteiger partial charge in [0.15, 0.2) is 0 Å². The molecule has 132 valence electrons. The summed E-state index contributed by atoms with van der Waals surface area (Å²) in [5, 5.41) is 3.13. The van der Waals surface area contributed by atoms with Crippen molar-refractivity contribution in [2.24, 2.45) is 0 Å². The zero-order valence-electron chi connectivity index (χ0n) is 15.4. The molecule has 3 rings (SSSR count). The van der Waals surface area contributed by atoms with Gasteiger partial charge in [-0.05, 0) is 73.4 Å². The third-order valence-electron chi connectivity index (χ3n) is 5.10. The minimum atomic E-state index is 0.0519. The minimum absolute atomic E-state index is 0.0519. The molecule has 1 aliphatic rings. The summed E-state index contributed by atoms with van der Waals surface area (Å²) in [6.07, 6.45) is 4.85. The topological polar surface area (TPSA) is 38.3 Å². The quantitative estimate of drug-likeness (QED) is 0.853. The number of ether oxygens (including phenoxy) is 1. The van der Waals surface area contributed by atoms with Crippen LogP contribution in [0.4, 0.5) is 0 Å². The molecule has 1 aliphatic carbocycles. The molecule has 0 saturated heterocycles. The van der Waals surface area contributed by atoms with Crippen LogP contribution in [0, 0.1) is 6.92 Å². The second-order valence-corrected chi connectivity index (χ2v) is 6.97. The van der Waals surface area contributed by atoms with E-state index in [-0.39, 0.29) is 11.9 Å². The maximum Gasteiger partial charge on any atom is 0.220 e. The van der Waals surface area contributed by atoms with E-state index in [1.165, 1.54) is 41.5 Å². The molecule has 1 atom stereocenters. The summed E-state index contributed by atoms with van der Waals surface area (Å²) >= 11 is 0. The van der Waals surface area contributed by atoms with Crippen molar-refractivity contribution < 1.29 is 9.53 Å². The van der Waals surface area contributed by atoms with E-state index < -0.39 is 0 Å². The summed E-state index contributed by atoms with van der Waals surface area (Å²) in [6.45, 7) is 4.09. The Balaban J connectivity index is 1.54. The first kappa shape index (κ1) is 17.5. The van der Waals surface area contributed by atoms with Crippen LogP contribution in [0.1, 0.15) is 53.6 Å². The second kappa shape index (κ2) is 7.73. The van der Waals surface area contributed by atoms with Gasteiger partial charge in [-0.1, -0.05) is 30.3 Å². The fraction of sp³-hybridized carbons (Fsp3) is 0.409. The summed E-state index contributed by atoms with van der Waals surface area (Å²) in [6, 6.07) is 12.8. The number of carbonyl (C=O) groups excluding carboxylic acids is 1. The highest BCUT2D eigenvalue weighted by Gasteiger charge is 2.15. The standard InChI is InChI=1S/C22H27NO2/c1-15-13-17(7-11-21(15)25-3)8-12-22(24)23-16(2)19-10-9-18-5-4-6-20(18)14-19/h7,9-11,13-14,16H,4-6,8,12H2,1-3H3,(H,23,24)/t16-/m1/s1. The van der Waals surface area contributed by atoms with E-state index in [0.717, 1.165) is 17.7 Å². The lowest BCUT2D eigenvalue weighted by atomic mass is 10.0. The number of fused-ring (bicyclic) bond motifs is 1. The van der Waals surface area contributed by atoms with Gasteiger partial charge in [-0.25, -0.2) is 0 Å². The number of nitrogens with one attached hydrogen (secondary N) is 1. The van der Waals surface area contributed by atoms with Crippen LogP contribution in [-0.4, -0.2) is 13.0 Å². The third-order valence-corrected chi connectivity index (χ3v) is 5.10. The minimum Gasteiger partial charge on any atom is -0.496 e. The van der Waals surface area contributed by atoms with Crippen molar-refractivity contribution in [1.82, 2.24) is 5.32 Å². The van der Waals surface area contributed by atoms with Gasteiger partial charge in [0.25, 0.3) is 0 Å². The molecule has 0 fully saturated rings. The Morgan fingerprint density at radius 1 is 1.16 bits per heavy atom. The highest BCUT2D eigenvalue weighted by atomic mass is 16.5. The van der Waals surface area contributed by atoms with E-state index in [2.05, 4.69) is 36.5 Å². The molecule has 0 heterocycles. The Labute approximate surface area is 150 Å². The number of hydrogen-bond acceptors (Lipinski definition) is 2. The van der Waals surface area contributed by atoms with Crippen LogP contribution in [0.5, 0.6) is 5.75 Å². The molecule has 0 saturated carbocycles. The van der Waals surface area contributed by atoms with E-state index in [1.807, 2.05) is 19.1 Å². The van der Waals surface area contributed by atoms with E-state index >= 15 is 0 Å².